The molecular weight excluding hydrogens is 362 g/mol. The van der Waals surface area contributed by atoms with Crippen LogP contribution in [0.1, 0.15) is 12.5 Å². The van der Waals surface area contributed by atoms with E-state index in [1.165, 1.54) is 12.0 Å². The third-order valence-electron chi connectivity index (χ3n) is 3.85. The van der Waals surface area contributed by atoms with Crippen LogP contribution in [-0.4, -0.2) is 44.7 Å². The molecular formula is C21H23NO6. The molecule has 0 aromatic heterocycles. The summed E-state index contributed by atoms with van der Waals surface area (Å²) in [5.41, 5.74) is 1.18. The van der Waals surface area contributed by atoms with E-state index in [2.05, 4.69) is 0 Å². The van der Waals surface area contributed by atoms with Crippen LogP contribution in [0.5, 0.6) is 5.75 Å². The number of hydrogen-bond donors (Lipinski definition) is 0. The molecule has 0 atom stereocenters. The van der Waals surface area contributed by atoms with Crippen molar-refractivity contribution in [1.29, 1.82) is 0 Å². The van der Waals surface area contributed by atoms with Crippen molar-refractivity contribution in [2.24, 2.45) is 0 Å². The van der Waals surface area contributed by atoms with Crippen molar-refractivity contribution in [3.05, 3.63) is 60.2 Å². The number of esters is 2. The average Bonchev–Trinajstić information content (AvgIpc) is 2.71. The molecule has 148 valence electrons. The Hall–Kier alpha value is -3.35. The van der Waals surface area contributed by atoms with Crippen LogP contribution in [0.4, 0.5) is 5.69 Å². The molecule has 2 rings (SSSR count). The van der Waals surface area contributed by atoms with E-state index < -0.39 is 24.5 Å². The van der Waals surface area contributed by atoms with E-state index in [4.69, 9.17) is 14.2 Å². The maximum absolute atomic E-state index is 12.6. The first-order valence-electron chi connectivity index (χ1n) is 8.83. The molecule has 1 amide bonds. The molecule has 0 unspecified atom stereocenters. The van der Waals surface area contributed by atoms with Crippen molar-refractivity contribution < 1.29 is 28.6 Å². The summed E-state index contributed by atoms with van der Waals surface area (Å²) in [7, 11) is 1.51. The SMILES string of the molecule is CCOC(=O)CN(C(=O)COC(=O)Cc1ccccc1OC)c1ccccc1. The molecule has 0 aliphatic carbocycles. The standard InChI is InChI=1S/C21H23NO6/c1-3-27-21(25)14-22(17-10-5-4-6-11-17)19(23)15-28-20(24)13-16-9-7-8-12-18(16)26-2/h4-12H,3,13-15H2,1-2H3. The number of methoxy groups -OCH3 is 1. The van der Waals surface area contributed by atoms with Crippen LogP contribution < -0.4 is 9.64 Å². The molecule has 0 aliphatic rings. The molecule has 2 aromatic rings. The van der Waals surface area contributed by atoms with Gasteiger partial charge in [0.25, 0.3) is 5.91 Å². The van der Waals surface area contributed by atoms with Gasteiger partial charge < -0.3 is 14.2 Å². The lowest BCUT2D eigenvalue weighted by Gasteiger charge is -2.21. The summed E-state index contributed by atoms with van der Waals surface area (Å²) in [6.45, 7) is 1.15. The molecule has 0 fully saturated rings. The fourth-order valence-electron chi connectivity index (χ4n) is 2.54. The average molecular weight is 385 g/mol. The molecule has 28 heavy (non-hydrogen) atoms. The summed E-state index contributed by atoms with van der Waals surface area (Å²) >= 11 is 0. The number of carbonyl (C=O) groups excluding carboxylic acids is 3. The van der Waals surface area contributed by atoms with Crippen molar-refractivity contribution in [2.45, 2.75) is 13.3 Å². The summed E-state index contributed by atoms with van der Waals surface area (Å²) in [5, 5.41) is 0. The number of hydrogen-bond acceptors (Lipinski definition) is 6. The second kappa shape index (κ2) is 10.7. The second-order valence-electron chi connectivity index (χ2n) is 5.77. The van der Waals surface area contributed by atoms with Crippen LogP contribution in [0.25, 0.3) is 0 Å². The van der Waals surface area contributed by atoms with E-state index in [-0.39, 0.29) is 19.6 Å². The van der Waals surface area contributed by atoms with E-state index in [0.717, 1.165) is 0 Å². The van der Waals surface area contributed by atoms with Crippen molar-refractivity contribution in [2.75, 3.05) is 31.8 Å². The lowest BCUT2D eigenvalue weighted by atomic mass is 10.1. The fourth-order valence-corrected chi connectivity index (χ4v) is 2.54. The van der Waals surface area contributed by atoms with E-state index in [0.29, 0.717) is 17.0 Å². The van der Waals surface area contributed by atoms with Gasteiger partial charge in [-0.1, -0.05) is 36.4 Å². The maximum Gasteiger partial charge on any atom is 0.326 e. The Kier molecular flexibility index (Phi) is 8.02. The van der Waals surface area contributed by atoms with E-state index in [1.54, 1.807) is 61.5 Å². The molecule has 0 N–H and O–H groups in total. The van der Waals surface area contributed by atoms with Gasteiger partial charge in [0.05, 0.1) is 20.1 Å². The Labute approximate surface area is 163 Å². The first kappa shape index (κ1) is 21.0. The Morgan fingerprint density at radius 2 is 1.57 bits per heavy atom. The van der Waals surface area contributed by atoms with Gasteiger partial charge in [0.2, 0.25) is 0 Å². The second-order valence-corrected chi connectivity index (χ2v) is 5.77. The summed E-state index contributed by atoms with van der Waals surface area (Å²) in [4.78, 5) is 37.8. The maximum atomic E-state index is 12.6. The van der Waals surface area contributed by atoms with Crippen molar-refractivity contribution >= 4 is 23.5 Å². The minimum Gasteiger partial charge on any atom is -0.496 e. The molecule has 0 radical (unpaired) electrons. The number of nitrogens with zero attached hydrogens (tertiary/aromatic N) is 1. The quantitative estimate of drug-likeness (QED) is 0.617. The number of carbonyl (C=O) groups is 3. The van der Waals surface area contributed by atoms with E-state index in [9.17, 15) is 14.4 Å². The van der Waals surface area contributed by atoms with Gasteiger partial charge in [-0.2, -0.15) is 0 Å². The summed E-state index contributed by atoms with van der Waals surface area (Å²) in [6, 6.07) is 15.7. The Morgan fingerprint density at radius 1 is 0.893 bits per heavy atom. The van der Waals surface area contributed by atoms with Crippen LogP contribution >= 0.6 is 0 Å². The zero-order valence-corrected chi connectivity index (χ0v) is 15.9. The minimum absolute atomic E-state index is 0.0273. The lowest BCUT2D eigenvalue weighted by Crippen LogP contribution is -2.39. The van der Waals surface area contributed by atoms with Gasteiger partial charge in [-0.15, -0.1) is 0 Å². The van der Waals surface area contributed by atoms with Gasteiger partial charge in [0, 0.05) is 11.3 Å². The van der Waals surface area contributed by atoms with Gasteiger partial charge in [0.1, 0.15) is 12.3 Å². The van der Waals surface area contributed by atoms with Crippen LogP contribution in [0.15, 0.2) is 54.6 Å². The fraction of sp³-hybridized carbons (Fsp3) is 0.286. The zero-order valence-electron chi connectivity index (χ0n) is 15.9. The minimum atomic E-state index is -0.568. The monoisotopic (exact) mass is 385 g/mol. The highest BCUT2D eigenvalue weighted by Gasteiger charge is 2.21. The number of para-hydroxylation sites is 2. The smallest absolute Gasteiger partial charge is 0.326 e. The Balaban J connectivity index is 2.00. The predicted octanol–water partition coefficient (Wildman–Crippen LogP) is 2.38. The third kappa shape index (κ3) is 6.12. The molecule has 0 saturated heterocycles. The zero-order chi connectivity index (χ0) is 20.4. The van der Waals surface area contributed by atoms with Crippen molar-refractivity contribution in [1.82, 2.24) is 0 Å². The van der Waals surface area contributed by atoms with E-state index in [1.807, 2.05) is 0 Å². The summed E-state index contributed by atoms with van der Waals surface area (Å²) < 4.78 is 15.2. The van der Waals surface area contributed by atoms with E-state index >= 15 is 0 Å². The predicted molar refractivity (Wildman–Crippen MR) is 103 cm³/mol. The first-order valence-corrected chi connectivity index (χ1v) is 8.83. The van der Waals surface area contributed by atoms with Crippen LogP contribution in [-0.2, 0) is 30.3 Å². The van der Waals surface area contributed by atoms with Crippen LogP contribution in [0.2, 0.25) is 0 Å². The first-order chi connectivity index (χ1) is 13.5. The highest BCUT2D eigenvalue weighted by atomic mass is 16.5. The lowest BCUT2D eigenvalue weighted by molar-refractivity contribution is -0.147. The van der Waals surface area contributed by atoms with Gasteiger partial charge in [-0.25, -0.2) is 0 Å². The highest BCUT2D eigenvalue weighted by Crippen LogP contribution is 2.18. The molecule has 0 saturated carbocycles. The normalized spacial score (nSPS) is 10.1. The van der Waals surface area contributed by atoms with Gasteiger partial charge in [-0.05, 0) is 25.1 Å². The third-order valence-corrected chi connectivity index (χ3v) is 3.85. The van der Waals surface area contributed by atoms with Crippen LogP contribution in [0.3, 0.4) is 0 Å². The molecule has 0 aliphatic heterocycles. The summed E-state index contributed by atoms with van der Waals surface area (Å²) in [6.07, 6.45) is -0.0273. The number of amides is 1. The number of rotatable bonds is 9. The van der Waals surface area contributed by atoms with Gasteiger partial charge in [0.15, 0.2) is 6.61 Å². The van der Waals surface area contributed by atoms with Crippen molar-refractivity contribution in [3.63, 3.8) is 0 Å². The number of ether oxygens (including phenoxy) is 3. The van der Waals surface area contributed by atoms with Gasteiger partial charge in [-0.3, -0.25) is 19.3 Å². The molecule has 0 spiro atoms. The topological polar surface area (TPSA) is 82.1 Å². The molecule has 0 heterocycles. The molecule has 7 heteroatoms. The Morgan fingerprint density at radius 3 is 2.25 bits per heavy atom. The highest BCUT2D eigenvalue weighted by molar-refractivity contribution is 5.99. The Bertz CT molecular complexity index is 806. The number of benzene rings is 2. The van der Waals surface area contributed by atoms with Crippen molar-refractivity contribution in [3.8, 4) is 5.75 Å². The van der Waals surface area contributed by atoms with Gasteiger partial charge >= 0.3 is 11.9 Å². The molecule has 7 nitrogen and oxygen atoms in total. The molecule has 2 aromatic carbocycles. The largest absolute Gasteiger partial charge is 0.496 e. The summed E-state index contributed by atoms with van der Waals surface area (Å²) in [5.74, 6) is -1.06. The molecule has 0 bridgehead atoms. The number of anilines is 1. The van der Waals surface area contributed by atoms with Crippen LogP contribution in [0, 0.1) is 0 Å².